The van der Waals surface area contributed by atoms with Crippen LogP contribution < -0.4 is 0 Å². The predicted octanol–water partition coefficient (Wildman–Crippen LogP) is 2.10. The smallest absolute Gasteiger partial charge is 0.391 e. The van der Waals surface area contributed by atoms with Crippen LogP contribution in [0, 0.1) is 12.3 Å². The van der Waals surface area contributed by atoms with Crippen LogP contribution in [0.5, 0.6) is 0 Å². The van der Waals surface area contributed by atoms with Crippen molar-refractivity contribution >= 4 is 6.29 Å². The molecule has 0 heterocycles. The molecule has 0 aliphatic heterocycles. The zero-order chi connectivity index (χ0) is 8.39. The second-order valence-corrected chi connectivity index (χ2v) is 3.19. The van der Waals surface area contributed by atoms with Gasteiger partial charge in [-0.1, -0.05) is 18.8 Å². The monoisotopic (exact) mass is 217 g/mol. The van der Waals surface area contributed by atoms with Gasteiger partial charge in [0.15, 0.2) is 0 Å². The molecule has 0 unspecified atom stereocenters. The van der Waals surface area contributed by atoms with Crippen molar-refractivity contribution in [1.82, 2.24) is 0 Å². The first-order valence-corrected chi connectivity index (χ1v) is 4.22. The molecule has 1 fully saturated rings. The Bertz CT molecular complexity index is 292. The van der Waals surface area contributed by atoms with Crippen LogP contribution in [0.1, 0.15) is 24.0 Å². The second kappa shape index (κ2) is 4.49. The second-order valence-electron chi connectivity index (χ2n) is 3.19. The van der Waals surface area contributed by atoms with E-state index in [1.807, 2.05) is 24.5 Å². The summed E-state index contributed by atoms with van der Waals surface area (Å²) in [6.07, 6.45) is 6.66. The molecule has 13 heavy (non-hydrogen) atoms. The maximum absolute atomic E-state index is 10.5. The minimum Gasteiger partial charge on any atom is -0.391 e. The van der Waals surface area contributed by atoms with Crippen molar-refractivity contribution in [2.45, 2.75) is 12.8 Å². The van der Waals surface area contributed by atoms with Crippen LogP contribution >= 0.6 is 0 Å². The van der Waals surface area contributed by atoms with E-state index in [-0.39, 0.29) is 16.8 Å². The van der Waals surface area contributed by atoms with Crippen LogP contribution in [0.2, 0.25) is 0 Å². The van der Waals surface area contributed by atoms with Gasteiger partial charge in [-0.05, 0) is 6.29 Å². The van der Waals surface area contributed by atoms with Gasteiger partial charge in [-0.25, -0.2) is 18.6 Å². The van der Waals surface area contributed by atoms with E-state index < -0.39 is 0 Å². The molecule has 0 atom stereocenters. The molecule has 1 aliphatic rings. The maximum Gasteiger partial charge on any atom is 2.00 e. The molecule has 0 amide bonds. The minimum atomic E-state index is 0. The summed E-state index contributed by atoms with van der Waals surface area (Å²) in [7, 11) is 0. The Morgan fingerprint density at radius 3 is 2.62 bits per heavy atom. The summed E-state index contributed by atoms with van der Waals surface area (Å²) in [4.78, 5) is 10.5. The first-order valence-electron chi connectivity index (χ1n) is 4.22. The third-order valence-electron chi connectivity index (χ3n) is 2.11. The Morgan fingerprint density at radius 1 is 1.31 bits per heavy atom. The Morgan fingerprint density at radius 2 is 2.00 bits per heavy atom. The molecule has 1 aliphatic carbocycles. The molecule has 2 heteroatoms. The summed E-state index contributed by atoms with van der Waals surface area (Å²) < 4.78 is 0. The van der Waals surface area contributed by atoms with E-state index in [4.69, 9.17) is 0 Å². The van der Waals surface area contributed by atoms with Crippen LogP contribution in [0.25, 0.3) is 0 Å². The molecule has 69 valence electrons. The number of rotatable bonds is 3. The average molecular weight is 217 g/mol. The van der Waals surface area contributed by atoms with E-state index in [2.05, 4.69) is 6.42 Å². The minimum absolute atomic E-state index is 0. The molecule has 0 aromatic heterocycles. The van der Waals surface area contributed by atoms with Crippen LogP contribution in [0.15, 0.2) is 24.3 Å². The van der Waals surface area contributed by atoms with Crippen molar-refractivity contribution in [2.75, 3.05) is 0 Å². The fraction of sp³-hybridized carbons (Fsp3) is 0.273. The van der Waals surface area contributed by atoms with Gasteiger partial charge in [-0.2, -0.15) is 0 Å². The molecule has 0 N–H and O–H groups in total. The largest absolute Gasteiger partial charge is 2.00 e. The third-order valence-corrected chi connectivity index (χ3v) is 2.11. The molecule has 1 nitrogen and oxygen atoms in total. The predicted molar refractivity (Wildman–Crippen MR) is 47.4 cm³/mol. The van der Waals surface area contributed by atoms with Crippen LogP contribution in [-0.4, -0.2) is 6.29 Å². The molecule has 1 saturated carbocycles. The van der Waals surface area contributed by atoms with Crippen molar-refractivity contribution in [2.24, 2.45) is 5.92 Å². The quantitative estimate of drug-likeness (QED) is 0.708. The Kier molecular flexibility index (Phi) is 3.57. The van der Waals surface area contributed by atoms with Gasteiger partial charge in [0.2, 0.25) is 0 Å². The third kappa shape index (κ3) is 2.61. The molecule has 0 saturated heterocycles. The summed E-state index contributed by atoms with van der Waals surface area (Å²) in [5.74, 6) is 0.708. The van der Waals surface area contributed by atoms with E-state index in [0.29, 0.717) is 11.5 Å². The van der Waals surface area contributed by atoms with Crippen molar-refractivity contribution in [1.29, 1.82) is 0 Å². The van der Waals surface area contributed by atoms with Gasteiger partial charge in [0.05, 0.1) is 0 Å². The molecular weight excluding hydrogens is 207 g/mol. The van der Waals surface area contributed by atoms with E-state index in [1.165, 1.54) is 12.8 Å². The molecular formula is C11H10CoO. The summed E-state index contributed by atoms with van der Waals surface area (Å²) in [5, 5.41) is 0. The van der Waals surface area contributed by atoms with Gasteiger partial charge in [-0.3, -0.25) is 11.1 Å². The number of carbonyl (C=O) groups excluding carboxylic acids is 1. The summed E-state index contributed by atoms with van der Waals surface area (Å²) in [5.41, 5.74) is 1.72. The van der Waals surface area contributed by atoms with Crippen molar-refractivity contribution in [3.05, 3.63) is 41.8 Å². The Balaban J connectivity index is 0.000000845. The van der Waals surface area contributed by atoms with E-state index >= 15 is 0 Å². The average Bonchev–Trinajstić information content (AvgIpc) is 2.89. The molecule has 1 radical (unpaired) electrons. The molecule has 1 aromatic carbocycles. The fourth-order valence-electron chi connectivity index (χ4n) is 1.25. The van der Waals surface area contributed by atoms with Gasteiger partial charge >= 0.3 is 16.8 Å². The van der Waals surface area contributed by atoms with Crippen LogP contribution in [0.4, 0.5) is 0 Å². The van der Waals surface area contributed by atoms with E-state index in [1.54, 1.807) is 6.07 Å². The molecule has 0 spiro atoms. The van der Waals surface area contributed by atoms with Crippen molar-refractivity contribution in [3.8, 4) is 0 Å². The standard InChI is InChI=1S/C11H10O.Co/c12-8-11-4-2-1-3-10(11)7-9-5-6-9;/h1-4,7,9H,5-6H2;/q-2;+2. The normalized spacial score (nSPS) is 14.5. The first-order chi connectivity index (χ1) is 5.90. The van der Waals surface area contributed by atoms with E-state index in [9.17, 15) is 4.79 Å². The van der Waals surface area contributed by atoms with Gasteiger partial charge < -0.3 is 4.79 Å². The van der Waals surface area contributed by atoms with Crippen LogP contribution in [0.3, 0.4) is 0 Å². The molecule has 0 bridgehead atoms. The van der Waals surface area contributed by atoms with Gasteiger partial charge in [0, 0.05) is 0 Å². The topological polar surface area (TPSA) is 17.1 Å². The SMILES string of the molecule is O=[C-]c1ccccc1[CH-]C1CC1.[Co+2]. The molecule has 1 aromatic rings. The van der Waals surface area contributed by atoms with Gasteiger partial charge in [0.25, 0.3) is 0 Å². The number of hydrogen-bond donors (Lipinski definition) is 0. The van der Waals surface area contributed by atoms with E-state index in [0.717, 1.165) is 5.56 Å². The maximum atomic E-state index is 10.5. The first kappa shape index (κ1) is 10.3. The summed E-state index contributed by atoms with van der Waals surface area (Å²) in [6, 6.07) is 7.60. The van der Waals surface area contributed by atoms with Crippen molar-refractivity contribution in [3.63, 3.8) is 0 Å². The summed E-state index contributed by atoms with van der Waals surface area (Å²) in [6.45, 7) is 0. The van der Waals surface area contributed by atoms with Gasteiger partial charge in [-0.15, -0.1) is 12.1 Å². The van der Waals surface area contributed by atoms with Crippen LogP contribution in [-0.2, 0) is 21.6 Å². The number of hydrogen-bond acceptors (Lipinski definition) is 1. The van der Waals surface area contributed by atoms with Crippen molar-refractivity contribution < 1.29 is 21.6 Å². The fourth-order valence-corrected chi connectivity index (χ4v) is 1.25. The molecule has 2 rings (SSSR count). The Labute approximate surface area is 88.7 Å². The Hall–Kier alpha value is -0.734. The van der Waals surface area contributed by atoms with Gasteiger partial charge in [0.1, 0.15) is 0 Å². The number of benzene rings is 1. The zero-order valence-corrected chi connectivity index (χ0v) is 8.16. The summed E-state index contributed by atoms with van der Waals surface area (Å²) >= 11 is 0. The zero-order valence-electron chi connectivity index (χ0n) is 7.12.